The maximum atomic E-state index is 11.0. The summed E-state index contributed by atoms with van der Waals surface area (Å²) in [7, 11) is 0. The highest BCUT2D eigenvalue weighted by atomic mass is 32.1. The van der Waals surface area contributed by atoms with Gasteiger partial charge in [-0.05, 0) is 0 Å². The zero-order valence-electron chi connectivity index (χ0n) is 24.4. The topological polar surface area (TPSA) is 275 Å². The van der Waals surface area contributed by atoms with Crippen LogP contribution >= 0.6 is 24.8 Å². The van der Waals surface area contributed by atoms with E-state index in [0.717, 1.165) is 0 Å². The molecular weight excluding hydrogens is 648 g/mol. The minimum Gasteiger partial charge on any atom is -0.394 e. The molecule has 0 radical (unpaired) electrons. The summed E-state index contributed by atoms with van der Waals surface area (Å²) in [6.07, 6.45) is -24.5. The minimum absolute atomic E-state index is 0.125. The van der Waals surface area contributed by atoms with Crippen molar-refractivity contribution in [3.8, 4) is 0 Å². The van der Waals surface area contributed by atoms with Crippen LogP contribution in [0.25, 0.3) is 0 Å². The average Bonchev–Trinajstić information content (AvgIpc) is 3.04. The van der Waals surface area contributed by atoms with Gasteiger partial charge in [0, 0.05) is 32.7 Å². The van der Waals surface area contributed by atoms with E-state index in [0.29, 0.717) is 39.4 Å². The molecule has 0 unspecified atom stereocenters. The van der Waals surface area contributed by atoms with Crippen LogP contribution in [0.2, 0.25) is 0 Å². The largest absolute Gasteiger partial charge is 0.394 e. The summed E-state index contributed by atoms with van der Waals surface area (Å²) < 4.78 is 27.3. The summed E-state index contributed by atoms with van der Waals surface area (Å²) in [5, 5.41) is 113. The second-order valence-corrected chi connectivity index (χ2v) is 12.2. The van der Waals surface area contributed by atoms with E-state index in [2.05, 4.69) is 17.5 Å². The fourth-order valence-electron chi connectivity index (χ4n) is 5.23. The number of hydrogen-bond acceptors (Lipinski definition) is 18. The molecule has 0 aliphatic carbocycles. The van der Waals surface area contributed by atoms with Crippen molar-refractivity contribution >= 4 is 29.2 Å². The Morgan fingerprint density at radius 1 is 0.844 bits per heavy atom. The lowest BCUT2D eigenvalue weighted by atomic mass is 9.96. The van der Waals surface area contributed by atoms with Crippen LogP contribution < -0.4 is 0 Å². The van der Waals surface area contributed by atoms with Crippen LogP contribution in [0.1, 0.15) is 0 Å². The van der Waals surface area contributed by atoms with Crippen molar-refractivity contribution in [2.45, 2.75) is 85.8 Å². The van der Waals surface area contributed by atoms with Gasteiger partial charge in [-0.25, -0.2) is 0 Å². The van der Waals surface area contributed by atoms with Crippen LogP contribution in [0.3, 0.4) is 0 Å². The Morgan fingerprint density at radius 2 is 1.44 bits per heavy atom. The highest BCUT2D eigenvalue weighted by Crippen LogP contribution is 2.30. The van der Waals surface area contributed by atoms with Crippen LogP contribution in [0.4, 0.5) is 0 Å². The maximum Gasteiger partial charge on any atom is 0.187 e. The molecule has 3 rings (SSSR count). The van der Waals surface area contributed by atoms with Gasteiger partial charge in [0.15, 0.2) is 12.6 Å². The first-order valence-corrected chi connectivity index (χ1v) is 15.4. The van der Waals surface area contributed by atoms with E-state index in [1.807, 2.05) is 0 Å². The van der Waals surface area contributed by atoms with Crippen molar-refractivity contribution in [1.29, 1.82) is 0 Å². The Labute approximate surface area is 270 Å². The van der Waals surface area contributed by atoms with E-state index in [9.17, 15) is 56.2 Å². The molecule has 20 heteroatoms. The normalized spacial score (nSPS) is 37.5. The quantitative estimate of drug-likeness (QED) is 0.0561. The summed E-state index contributed by atoms with van der Waals surface area (Å²) >= 11 is 9.37. The third-order valence-corrected chi connectivity index (χ3v) is 8.56. The van der Waals surface area contributed by atoms with Gasteiger partial charge in [0.05, 0.1) is 33.0 Å². The van der Waals surface area contributed by atoms with Crippen molar-refractivity contribution < 1.29 is 79.9 Å². The Bertz CT molecular complexity index is 892. The molecule has 0 bridgehead atoms. The number of aliphatic hydroxyl groups is 11. The smallest absolute Gasteiger partial charge is 0.187 e. The van der Waals surface area contributed by atoms with Crippen LogP contribution in [0.15, 0.2) is 0 Å². The van der Waals surface area contributed by atoms with E-state index in [1.165, 1.54) is 4.90 Å². The maximum absolute atomic E-state index is 11.0. The molecular formula is C25H46N2O16S2. The third kappa shape index (κ3) is 10.0. The predicted molar refractivity (Wildman–Crippen MR) is 157 cm³/mol. The molecule has 3 aliphatic heterocycles. The Morgan fingerprint density at radius 3 is 2.02 bits per heavy atom. The Kier molecular flexibility index (Phi) is 15.9. The molecule has 3 aliphatic rings. The number of thiocarbonyl (C=S) groups is 1. The van der Waals surface area contributed by atoms with E-state index in [-0.39, 0.29) is 10.9 Å². The number of thiol groups is 1. The van der Waals surface area contributed by atoms with Crippen LogP contribution in [-0.4, -0.2) is 222 Å². The first-order valence-electron chi connectivity index (χ1n) is 14.5. The molecule has 3 heterocycles. The lowest BCUT2D eigenvalue weighted by Crippen LogP contribution is -2.65. The molecule has 3 fully saturated rings. The van der Waals surface area contributed by atoms with Gasteiger partial charge < -0.3 is 84.8 Å². The summed E-state index contributed by atoms with van der Waals surface area (Å²) in [5.74, 6) is 0. The van der Waals surface area contributed by atoms with Crippen molar-refractivity contribution in [1.82, 2.24) is 9.80 Å². The fraction of sp³-hybridized carbons (Fsp3) is 0.960. The SMILES string of the molecule is OC[C@@H](O)[C@@H](O[C@H]1O[C@H](CO)[C@@H](O[C@H]2O[C@H](CO)[C@@H](O)[C@H](O)[C@H]2O)[C@H](O)[C@H]1O)[C@H](O)[C@@H](O)CN(CCN1CCOCC1)C(=S)S. The van der Waals surface area contributed by atoms with Gasteiger partial charge in [0.1, 0.15) is 77.6 Å². The van der Waals surface area contributed by atoms with Gasteiger partial charge in [0.25, 0.3) is 0 Å². The average molecular weight is 695 g/mol. The van der Waals surface area contributed by atoms with Crippen molar-refractivity contribution in [3.63, 3.8) is 0 Å². The molecule has 0 aromatic carbocycles. The van der Waals surface area contributed by atoms with Gasteiger partial charge in [0.2, 0.25) is 0 Å². The Balaban J connectivity index is 1.67. The van der Waals surface area contributed by atoms with Crippen molar-refractivity contribution in [2.75, 3.05) is 65.8 Å². The predicted octanol–water partition coefficient (Wildman–Crippen LogP) is -7.08. The molecule has 0 aromatic heterocycles. The molecule has 0 amide bonds. The molecule has 0 spiro atoms. The number of aliphatic hydroxyl groups excluding tert-OH is 11. The molecule has 18 nitrogen and oxygen atoms in total. The monoisotopic (exact) mass is 694 g/mol. The van der Waals surface area contributed by atoms with Gasteiger partial charge in [-0.15, -0.1) is 12.6 Å². The second kappa shape index (κ2) is 18.4. The van der Waals surface area contributed by atoms with Crippen LogP contribution in [0.5, 0.6) is 0 Å². The van der Waals surface area contributed by atoms with Crippen LogP contribution in [0, 0.1) is 0 Å². The number of morpholine rings is 1. The molecule has 0 saturated carbocycles. The Hall–Kier alpha value is -0.440. The third-order valence-electron chi connectivity index (χ3n) is 8.02. The van der Waals surface area contributed by atoms with Gasteiger partial charge in [-0.3, -0.25) is 4.90 Å². The van der Waals surface area contributed by atoms with Crippen molar-refractivity contribution in [2.24, 2.45) is 0 Å². The lowest BCUT2D eigenvalue weighted by Gasteiger charge is -2.46. The van der Waals surface area contributed by atoms with Gasteiger partial charge in [-0.1, -0.05) is 12.2 Å². The van der Waals surface area contributed by atoms with E-state index >= 15 is 0 Å². The summed E-state index contributed by atoms with van der Waals surface area (Å²) in [5.41, 5.74) is 0. The minimum atomic E-state index is -1.99. The summed E-state index contributed by atoms with van der Waals surface area (Å²) in [6, 6.07) is 0. The highest BCUT2D eigenvalue weighted by molar-refractivity contribution is 8.10. The number of hydrogen-bond donors (Lipinski definition) is 12. The molecule has 45 heavy (non-hydrogen) atoms. The molecule has 264 valence electrons. The first kappa shape index (κ1) is 39.0. The molecule has 3 saturated heterocycles. The van der Waals surface area contributed by atoms with E-state index in [4.69, 9.17) is 35.9 Å². The zero-order valence-corrected chi connectivity index (χ0v) is 26.1. The molecule has 0 aromatic rings. The lowest BCUT2D eigenvalue weighted by molar-refractivity contribution is -0.367. The number of nitrogens with zero attached hydrogens (tertiary/aromatic N) is 2. The zero-order chi connectivity index (χ0) is 33.4. The summed E-state index contributed by atoms with van der Waals surface area (Å²) in [6.45, 7) is 0.636. The molecule has 14 atom stereocenters. The standard InChI is InChI=1S/C25H46N2O16S2/c28-8-12(32)21(15(33)11(31)7-27(25(44)45)2-1-26-3-5-39-6-4-26)42-24-20(38)18(36)22(14(10-30)41-24)43-23-19(37)17(35)16(34)13(9-29)40-23/h11-24,28-38H,1-10H2,(H,44,45)/t11-,12+,13+,14+,15+,16+,17-,18+,19+,20+,21+,22+,23+,24+/m0/s1. The number of ether oxygens (including phenoxy) is 5. The number of rotatable bonds is 15. The molecule has 11 N–H and O–H groups in total. The van der Waals surface area contributed by atoms with Gasteiger partial charge in [-0.2, -0.15) is 0 Å². The second-order valence-electron chi connectivity index (χ2n) is 11.1. The summed E-state index contributed by atoms with van der Waals surface area (Å²) in [4.78, 5) is 3.63. The van der Waals surface area contributed by atoms with Crippen molar-refractivity contribution in [3.05, 3.63) is 0 Å². The first-order chi connectivity index (χ1) is 21.3. The van der Waals surface area contributed by atoms with Gasteiger partial charge >= 0.3 is 0 Å². The van der Waals surface area contributed by atoms with Crippen LogP contribution in [-0.2, 0) is 23.7 Å². The fourth-order valence-corrected chi connectivity index (χ4v) is 5.58. The highest BCUT2D eigenvalue weighted by Gasteiger charge is 2.52. The van der Waals surface area contributed by atoms with E-state index < -0.39 is 106 Å². The van der Waals surface area contributed by atoms with E-state index in [1.54, 1.807) is 0 Å².